The molecular weight excluding hydrogens is 354 g/mol. The minimum Gasteiger partial charge on any atom is -0.207 e. The van der Waals surface area contributed by atoms with Gasteiger partial charge in [0.25, 0.3) is 0 Å². The molecule has 0 saturated carbocycles. The van der Waals surface area contributed by atoms with Crippen molar-refractivity contribution in [3.63, 3.8) is 0 Å². The van der Waals surface area contributed by atoms with E-state index in [4.69, 9.17) is 11.6 Å². The molecule has 1 atom stereocenters. The van der Waals surface area contributed by atoms with Crippen LogP contribution in [0.1, 0.15) is 6.92 Å². The molecule has 0 spiro atoms. The molecule has 0 fully saturated rings. The van der Waals surface area contributed by atoms with Crippen molar-refractivity contribution < 1.29 is 8.42 Å². The van der Waals surface area contributed by atoms with Gasteiger partial charge >= 0.3 is 0 Å². The van der Waals surface area contributed by atoms with E-state index < -0.39 is 10.0 Å². The lowest BCUT2D eigenvalue weighted by molar-refractivity contribution is 0.573. The fourth-order valence-electron chi connectivity index (χ4n) is 1.07. The third-order valence-electron chi connectivity index (χ3n) is 1.66. The summed E-state index contributed by atoms with van der Waals surface area (Å²) in [7, 11) is -3.44. The highest BCUT2D eigenvalue weighted by molar-refractivity contribution is 9.11. The SMILES string of the molecule is CSCC(C)NS(=O)(=O)c1cc(Cl)c(Br)s1. The molecule has 1 unspecified atom stereocenters. The van der Waals surface area contributed by atoms with Crippen molar-refractivity contribution in [2.45, 2.75) is 17.2 Å². The Bertz CT molecular complexity index is 440. The number of hydrogen-bond acceptors (Lipinski definition) is 4. The summed E-state index contributed by atoms with van der Waals surface area (Å²) in [5.41, 5.74) is 0. The van der Waals surface area contributed by atoms with Gasteiger partial charge < -0.3 is 0 Å². The second-order valence-electron chi connectivity index (χ2n) is 3.16. The summed E-state index contributed by atoms with van der Waals surface area (Å²) in [5.74, 6) is 0.736. The predicted octanol–water partition coefficient (Wildman–Crippen LogP) is 3.19. The van der Waals surface area contributed by atoms with E-state index in [1.807, 2.05) is 13.2 Å². The summed E-state index contributed by atoms with van der Waals surface area (Å²) in [6.07, 6.45) is 1.93. The van der Waals surface area contributed by atoms with E-state index in [0.29, 0.717) is 8.81 Å². The second-order valence-corrected chi connectivity index (χ2v) is 8.79. The number of rotatable bonds is 5. The molecule has 0 radical (unpaired) electrons. The van der Waals surface area contributed by atoms with E-state index in [2.05, 4.69) is 20.7 Å². The number of thiophene rings is 1. The smallest absolute Gasteiger partial charge is 0.207 e. The van der Waals surface area contributed by atoms with Gasteiger partial charge in [-0.1, -0.05) is 11.6 Å². The molecule has 1 rings (SSSR count). The molecule has 1 aromatic heterocycles. The standard InChI is InChI=1S/C8H11BrClNO2S3/c1-5(4-14-2)11-16(12,13)7-3-6(10)8(9)15-7/h3,5,11H,4H2,1-2H3. The van der Waals surface area contributed by atoms with Crippen molar-refractivity contribution in [3.8, 4) is 0 Å². The highest BCUT2D eigenvalue weighted by Crippen LogP contribution is 2.34. The quantitative estimate of drug-likeness (QED) is 0.872. The molecule has 92 valence electrons. The van der Waals surface area contributed by atoms with E-state index in [9.17, 15) is 8.42 Å². The van der Waals surface area contributed by atoms with Gasteiger partial charge in [0.2, 0.25) is 10.0 Å². The van der Waals surface area contributed by atoms with E-state index in [-0.39, 0.29) is 10.3 Å². The van der Waals surface area contributed by atoms with Gasteiger partial charge in [0, 0.05) is 11.8 Å². The topological polar surface area (TPSA) is 46.2 Å². The van der Waals surface area contributed by atoms with Crippen molar-refractivity contribution >= 4 is 60.7 Å². The maximum atomic E-state index is 11.9. The number of hydrogen-bond donors (Lipinski definition) is 1. The summed E-state index contributed by atoms with van der Waals surface area (Å²) in [5, 5.41) is 0.419. The van der Waals surface area contributed by atoms with Gasteiger partial charge in [-0.25, -0.2) is 13.1 Å². The van der Waals surface area contributed by atoms with Crippen LogP contribution in [0.5, 0.6) is 0 Å². The monoisotopic (exact) mass is 363 g/mol. The second kappa shape index (κ2) is 6.06. The molecule has 0 amide bonds. The molecule has 3 nitrogen and oxygen atoms in total. The molecule has 1 N–H and O–H groups in total. The van der Waals surface area contributed by atoms with Crippen LogP contribution >= 0.6 is 50.6 Å². The summed E-state index contributed by atoms with van der Waals surface area (Å²) >= 11 is 11.7. The number of sulfonamides is 1. The van der Waals surface area contributed by atoms with Crippen molar-refractivity contribution in [1.82, 2.24) is 4.72 Å². The molecule has 1 heterocycles. The summed E-state index contributed by atoms with van der Waals surface area (Å²) < 4.78 is 27.2. The van der Waals surface area contributed by atoms with E-state index in [0.717, 1.165) is 17.1 Å². The van der Waals surface area contributed by atoms with Crippen molar-refractivity contribution in [2.24, 2.45) is 0 Å². The first-order chi connectivity index (χ1) is 7.36. The zero-order chi connectivity index (χ0) is 12.3. The Morgan fingerprint density at radius 2 is 2.31 bits per heavy atom. The number of thioether (sulfide) groups is 1. The van der Waals surface area contributed by atoms with Crippen molar-refractivity contribution in [2.75, 3.05) is 12.0 Å². The lowest BCUT2D eigenvalue weighted by Crippen LogP contribution is -2.33. The van der Waals surface area contributed by atoms with Crippen LogP contribution in [0.25, 0.3) is 0 Å². The Labute approximate surface area is 117 Å². The molecule has 8 heteroatoms. The first-order valence-electron chi connectivity index (χ1n) is 4.33. The van der Waals surface area contributed by atoms with Crippen LogP contribution in [0.4, 0.5) is 0 Å². The Morgan fingerprint density at radius 1 is 1.69 bits per heavy atom. The maximum Gasteiger partial charge on any atom is 0.250 e. The van der Waals surface area contributed by atoms with Crippen LogP contribution in [-0.2, 0) is 10.0 Å². The predicted molar refractivity (Wildman–Crippen MR) is 75.2 cm³/mol. The summed E-state index contributed by atoms with van der Waals surface area (Å²) in [6, 6.07) is 1.35. The first kappa shape index (κ1) is 14.8. The van der Waals surface area contributed by atoms with Gasteiger partial charge in [-0.15, -0.1) is 11.3 Å². The van der Waals surface area contributed by atoms with Gasteiger partial charge in [-0.2, -0.15) is 11.8 Å². The van der Waals surface area contributed by atoms with Gasteiger partial charge in [-0.3, -0.25) is 0 Å². The summed E-state index contributed by atoms with van der Waals surface area (Å²) in [4.78, 5) is 0. The van der Waals surface area contributed by atoms with Crippen molar-refractivity contribution in [3.05, 3.63) is 14.9 Å². The molecule has 1 aromatic rings. The molecular formula is C8H11BrClNO2S3. The Kier molecular flexibility index (Phi) is 5.60. The van der Waals surface area contributed by atoms with Crippen molar-refractivity contribution in [1.29, 1.82) is 0 Å². The minimum atomic E-state index is -3.44. The number of halogens is 2. The highest BCUT2D eigenvalue weighted by atomic mass is 79.9. The third kappa shape index (κ3) is 3.89. The molecule has 0 aromatic carbocycles. The van der Waals surface area contributed by atoms with E-state index >= 15 is 0 Å². The van der Waals surface area contributed by atoms with Crippen LogP contribution in [0.2, 0.25) is 5.02 Å². The molecule has 16 heavy (non-hydrogen) atoms. The Balaban J connectivity index is 2.86. The van der Waals surface area contributed by atoms with Gasteiger partial charge in [0.05, 0.1) is 8.81 Å². The zero-order valence-corrected chi connectivity index (χ0v) is 13.5. The highest BCUT2D eigenvalue weighted by Gasteiger charge is 2.20. The lowest BCUT2D eigenvalue weighted by atomic mass is 10.4. The minimum absolute atomic E-state index is 0.0975. The van der Waals surface area contributed by atoms with Gasteiger partial charge in [0.1, 0.15) is 4.21 Å². The van der Waals surface area contributed by atoms with Crippen LogP contribution in [0.15, 0.2) is 14.1 Å². The van der Waals surface area contributed by atoms with Crippen LogP contribution in [0.3, 0.4) is 0 Å². The fourth-order valence-corrected chi connectivity index (χ4v) is 5.41. The first-order valence-corrected chi connectivity index (χ1v) is 9.19. The lowest BCUT2D eigenvalue weighted by Gasteiger charge is -2.11. The average Bonchev–Trinajstić information content (AvgIpc) is 2.47. The van der Waals surface area contributed by atoms with Crippen LogP contribution in [-0.4, -0.2) is 26.5 Å². The third-order valence-corrected chi connectivity index (χ3v) is 7.03. The van der Waals surface area contributed by atoms with Crippen LogP contribution < -0.4 is 4.72 Å². The molecule has 0 saturated heterocycles. The fraction of sp³-hybridized carbons (Fsp3) is 0.500. The normalized spacial score (nSPS) is 14.0. The number of nitrogens with one attached hydrogen (secondary N) is 1. The van der Waals surface area contributed by atoms with Gasteiger partial charge in [-0.05, 0) is 35.2 Å². The molecule has 0 bridgehead atoms. The Morgan fingerprint density at radius 3 is 2.75 bits per heavy atom. The largest absolute Gasteiger partial charge is 0.250 e. The Hall–Kier alpha value is 0.730. The zero-order valence-electron chi connectivity index (χ0n) is 8.66. The van der Waals surface area contributed by atoms with Gasteiger partial charge in [0.15, 0.2) is 0 Å². The molecule has 0 aliphatic rings. The molecule has 0 aliphatic carbocycles. The van der Waals surface area contributed by atoms with E-state index in [1.54, 1.807) is 11.8 Å². The average molecular weight is 365 g/mol. The molecule has 0 aliphatic heterocycles. The maximum absolute atomic E-state index is 11.9. The van der Waals surface area contributed by atoms with Crippen LogP contribution in [0, 0.1) is 0 Å². The summed E-state index contributed by atoms with van der Waals surface area (Å²) in [6.45, 7) is 1.83. The van der Waals surface area contributed by atoms with E-state index in [1.165, 1.54) is 6.07 Å².